The highest BCUT2D eigenvalue weighted by Crippen LogP contribution is 2.41. The van der Waals surface area contributed by atoms with Crippen molar-refractivity contribution in [3.63, 3.8) is 0 Å². The molecule has 0 aromatic heterocycles. The highest BCUT2D eigenvalue weighted by atomic mass is 33.1. The van der Waals surface area contributed by atoms with E-state index in [0.29, 0.717) is 22.9 Å². The second kappa shape index (κ2) is 6.67. The van der Waals surface area contributed by atoms with Crippen LogP contribution in [0.3, 0.4) is 0 Å². The van der Waals surface area contributed by atoms with Crippen molar-refractivity contribution < 1.29 is 9.47 Å². The number of benzene rings is 2. The SMILES string of the molecule is COc1ccc(SSc2ccc(OC)c(N)c2)cc1N. The standard InChI is InChI=1S/C14H16N2O2S2/c1-17-13-5-3-9(7-11(13)15)19-20-10-4-6-14(18-2)12(16)8-10/h3-8H,15-16H2,1-2H3. The first-order valence-electron chi connectivity index (χ1n) is 5.85. The second-order valence-electron chi connectivity index (χ2n) is 3.97. The van der Waals surface area contributed by atoms with Crippen LogP contribution in [0.5, 0.6) is 11.5 Å². The summed E-state index contributed by atoms with van der Waals surface area (Å²) >= 11 is 0. The van der Waals surface area contributed by atoms with Gasteiger partial charge in [0.05, 0.1) is 25.6 Å². The molecule has 0 atom stereocenters. The van der Waals surface area contributed by atoms with Gasteiger partial charge in [0, 0.05) is 9.79 Å². The quantitative estimate of drug-likeness (QED) is 0.649. The summed E-state index contributed by atoms with van der Waals surface area (Å²) in [6, 6.07) is 11.5. The minimum atomic E-state index is 0.632. The van der Waals surface area contributed by atoms with E-state index in [1.54, 1.807) is 35.8 Å². The predicted octanol–water partition coefficient (Wildman–Crippen LogP) is 3.67. The maximum atomic E-state index is 5.88. The van der Waals surface area contributed by atoms with Gasteiger partial charge in [-0.1, -0.05) is 21.6 Å². The lowest BCUT2D eigenvalue weighted by Gasteiger charge is -2.08. The van der Waals surface area contributed by atoms with E-state index >= 15 is 0 Å². The Morgan fingerprint density at radius 2 is 1.15 bits per heavy atom. The molecule has 0 aliphatic carbocycles. The lowest BCUT2D eigenvalue weighted by molar-refractivity contribution is 0.416. The van der Waals surface area contributed by atoms with Gasteiger partial charge in [-0.25, -0.2) is 0 Å². The van der Waals surface area contributed by atoms with Crippen LogP contribution in [0, 0.1) is 0 Å². The number of rotatable bonds is 5. The van der Waals surface area contributed by atoms with Crippen molar-refractivity contribution in [1.82, 2.24) is 0 Å². The molecular weight excluding hydrogens is 292 g/mol. The average Bonchev–Trinajstić information content (AvgIpc) is 2.45. The van der Waals surface area contributed by atoms with Crippen LogP contribution in [0.25, 0.3) is 0 Å². The smallest absolute Gasteiger partial charge is 0.141 e. The zero-order chi connectivity index (χ0) is 14.5. The van der Waals surface area contributed by atoms with Crippen molar-refractivity contribution in [3.8, 4) is 11.5 Å². The van der Waals surface area contributed by atoms with E-state index in [4.69, 9.17) is 20.9 Å². The van der Waals surface area contributed by atoms with Crippen LogP contribution in [-0.2, 0) is 0 Å². The fourth-order valence-electron chi connectivity index (χ4n) is 1.62. The summed E-state index contributed by atoms with van der Waals surface area (Å²) in [4.78, 5) is 2.12. The van der Waals surface area contributed by atoms with Gasteiger partial charge in [0.15, 0.2) is 0 Å². The second-order valence-corrected chi connectivity index (χ2v) is 6.25. The summed E-state index contributed by atoms with van der Waals surface area (Å²) in [6.45, 7) is 0. The predicted molar refractivity (Wildman–Crippen MR) is 86.5 cm³/mol. The van der Waals surface area contributed by atoms with Gasteiger partial charge >= 0.3 is 0 Å². The van der Waals surface area contributed by atoms with Crippen LogP contribution in [-0.4, -0.2) is 14.2 Å². The number of hydrogen-bond acceptors (Lipinski definition) is 6. The zero-order valence-corrected chi connectivity index (χ0v) is 12.9. The molecule has 0 amide bonds. The van der Waals surface area contributed by atoms with E-state index in [2.05, 4.69) is 0 Å². The van der Waals surface area contributed by atoms with Gasteiger partial charge in [-0.15, -0.1) is 0 Å². The highest BCUT2D eigenvalue weighted by molar-refractivity contribution is 8.76. The van der Waals surface area contributed by atoms with Crippen molar-refractivity contribution in [3.05, 3.63) is 36.4 Å². The number of nitrogens with two attached hydrogens (primary N) is 2. The average molecular weight is 308 g/mol. The third-order valence-electron chi connectivity index (χ3n) is 2.64. The maximum Gasteiger partial charge on any atom is 0.141 e. The van der Waals surface area contributed by atoms with E-state index < -0.39 is 0 Å². The maximum absolute atomic E-state index is 5.88. The molecule has 0 bridgehead atoms. The number of ether oxygens (including phenoxy) is 2. The third-order valence-corrected chi connectivity index (χ3v) is 5.02. The Hall–Kier alpha value is -1.66. The molecule has 0 aliphatic rings. The van der Waals surface area contributed by atoms with Crippen LogP contribution in [0.4, 0.5) is 11.4 Å². The van der Waals surface area contributed by atoms with Gasteiger partial charge in [0.1, 0.15) is 11.5 Å². The van der Waals surface area contributed by atoms with Crippen LogP contribution in [0.1, 0.15) is 0 Å². The zero-order valence-electron chi connectivity index (χ0n) is 11.3. The fraction of sp³-hybridized carbons (Fsp3) is 0.143. The topological polar surface area (TPSA) is 70.5 Å². The van der Waals surface area contributed by atoms with Crippen LogP contribution in [0.2, 0.25) is 0 Å². The molecule has 106 valence electrons. The molecule has 2 aromatic carbocycles. The molecule has 0 saturated carbocycles. The van der Waals surface area contributed by atoms with E-state index in [9.17, 15) is 0 Å². The highest BCUT2D eigenvalue weighted by Gasteiger charge is 2.05. The number of anilines is 2. The largest absolute Gasteiger partial charge is 0.495 e. The molecule has 2 aromatic rings. The van der Waals surface area contributed by atoms with Gasteiger partial charge in [-0.05, 0) is 36.4 Å². The van der Waals surface area contributed by atoms with Gasteiger partial charge in [0.2, 0.25) is 0 Å². The molecule has 0 fully saturated rings. The molecule has 4 nitrogen and oxygen atoms in total. The van der Waals surface area contributed by atoms with Crippen molar-refractivity contribution in [2.75, 3.05) is 25.7 Å². The van der Waals surface area contributed by atoms with Gasteiger partial charge < -0.3 is 20.9 Å². The summed E-state index contributed by atoms with van der Waals surface area (Å²) in [5, 5.41) is 0. The molecular formula is C14H16N2O2S2. The monoisotopic (exact) mass is 308 g/mol. The van der Waals surface area contributed by atoms with Crippen molar-refractivity contribution in [2.24, 2.45) is 0 Å². The molecule has 4 N–H and O–H groups in total. The Labute approximate surface area is 126 Å². The number of methoxy groups -OCH3 is 2. The molecule has 20 heavy (non-hydrogen) atoms. The van der Waals surface area contributed by atoms with Gasteiger partial charge in [-0.3, -0.25) is 0 Å². The Morgan fingerprint density at radius 1 is 0.750 bits per heavy atom. The number of hydrogen-bond donors (Lipinski definition) is 2. The van der Waals surface area contributed by atoms with E-state index in [1.807, 2.05) is 36.4 Å². The molecule has 0 heterocycles. The summed E-state index contributed by atoms with van der Waals surface area (Å²) in [6.07, 6.45) is 0. The third kappa shape index (κ3) is 3.46. The molecule has 2 rings (SSSR count). The van der Waals surface area contributed by atoms with E-state index in [0.717, 1.165) is 9.79 Å². The first kappa shape index (κ1) is 14.7. The lowest BCUT2D eigenvalue weighted by Crippen LogP contribution is -1.92. The minimum Gasteiger partial charge on any atom is -0.495 e. The first-order chi connectivity index (χ1) is 9.63. The van der Waals surface area contributed by atoms with Crippen LogP contribution >= 0.6 is 21.6 Å². The Balaban J connectivity index is 2.05. The summed E-state index contributed by atoms with van der Waals surface area (Å²) in [5.41, 5.74) is 13.0. The van der Waals surface area contributed by atoms with E-state index in [-0.39, 0.29) is 0 Å². The molecule has 0 unspecified atom stereocenters. The summed E-state index contributed by atoms with van der Waals surface area (Å²) in [5.74, 6) is 1.38. The molecule has 0 spiro atoms. The molecule has 6 heteroatoms. The van der Waals surface area contributed by atoms with Crippen molar-refractivity contribution >= 4 is 33.0 Å². The molecule has 0 saturated heterocycles. The summed E-state index contributed by atoms with van der Waals surface area (Å²) in [7, 11) is 6.44. The van der Waals surface area contributed by atoms with Crippen molar-refractivity contribution in [1.29, 1.82) is 0 Å². The normalized spacial score (nSPS) is 10.3. The van der Waals surface area contributed by atoms with Gasteiger partial charge in [-0.2, -0.15) is 0 Å². The molecule has 0 radical (unpaired) electrons. The number of nitrogen functional groups attached to an aromatic ring is 2. The molecule has 0 aliphatic heterocycles. The Kier molecular flexibility index (Phi) is 4.92. The Morgan fingerprint density at radius 3 is 1.45 bits per heavy atom. The minimum absolute atomic E-state index is 0.632. The lowest BCUT2D eigenvalue weighted by atomic mass is 10.3. The van der Waals surface area contributed by atoms with Crippen LogP contribution < -0.4 is 20.9 Å². The first-order valence-corrected chi connectivity index (χ1v) is 8.00. The fourth-order valence-corrected chi connectivity index (χ4v) is 3.61. The van der Waals surface area contributed by atoms with E-state index in [1.165, 1.54) is 0 Å². The summed E-state index contributed by atoms with van der Waals surface area (Å²) < 4.78 is 10.3. The van der Waals surface area contributed by atoms with Gasteiger partial charge in [0.25, 0.3) is 0 Å². The van der Waals surface area contributed by atoms with Crippen molar-refractivity contribution in [2.45, 2.75) is 9.79 Å². The van der Waals surface area contributed by atoms with Crippen LogP contribution in [0.15, 0.2) is 46.2 Å². The Bertz CT molecular complexity index is 552.